The predicted octanol–water partition coefficient (Wildman–Crippen LogP) is 3.54. The number of hydrogen-bond donors (Lipinski definition) is 2. The monoisotopic (exact) mass is 312 g/mol. The summed E-state index contributed by atoms with van der Waals surface area (Å²) in [5, 5.41) is 7.52. The number of halogens is 1. The molecule has 3 nitrogen and oxygen atoms in total. The summed E-state index contributed by atoms with van der Waals surface area (Å²) < 4.78 is 0. The lowest BCUT2D eigenvalue weighted by Crippen LogP contribution is -2.41. The van der Waals surface area contributed by atoms with Gasteiger partial charge in [0.2, 0.25) is 5.91 Å². The van der Waals surface area contributed by atoms with Gasteiger partial charge in [-0.2, -0.15) is 11.8 Å². The molecule has 1 fully saturated rings. The highest BCUT2D eigenvalue weighted by Gasteiger charge is 2.22. The number of para-hydroxylation sites is 1. The lowest BCUT2D eigenvalue weighted by Gasteiger charge is -2.28. The van der Waals surface area contributed by atoms with E-state index in [1.807, 2.05) is 36.0 Å². The van der Waals surface area contributed by atoms with Crippen molar-refractivity contribution in [1.82, 2.24) is 5.32 Å². The maximum absolute atomic E-state index is 12.0. The summed E-state index contributed by atoms with van der Waals surface area (Å²) in [6, 6.07) is 7.78. The SMILES string of the molecule is CS[C@H]1CCC[C@H](NC(=O)CNc2ccccc2Cl)C1. The summed E-state index contributed by atoms with van der Waals surface area (Å²) in [4.78, 5) is 12.0. The Kier molecular flexibility index (Phi) is 6.05. The molecule has 2 rings (SSSR count). The Morgan fingerprint density at radius 3 is 2.95 bits per heavy atom. The van der Waals surface area contributed by atoms with E-state index >= 15 is 0 Å². The topological polar surface area (TPSA) is 41.1 Å². The summed E-state index contributed by atoms with van der Waals surface area (Å²) in [6.07, 6.45) is 6.79. The van der Waals surface area contributed by atoms with E-state index < -0.39 is 0 Å². The Labute approximate surface area is 129 Å². The van der Waals surface area contributed by atoms with Gasteiger partial charge < -0.3 is 10.6 Å². The van der Waals surface area contributed by atoms with Gasteiger partial charge in [-0.25, -0.2) is 0 Å². The van der Waals surface area contributed by atoms with E-state index in [4.69, 9.17) is 11.6 Å². The third kappa shape index (κ3) is 4.60. The third-order valence-corrected chi connectivity index (χ3v) is 5.06. The van der Waals surface area contributed by atoms with Gasteiger partial charge in [0.25, 0.3) is 0 Å². The first-order chi connectivity index (χ1) is 9.69. The van der Waals surface area contributed by atoms with Crippen LogP contribution in [0.2, 0.25) is 5.02 Å². The fourth-order valence-electron chi connectivity index (χ4n) is 2.55. The van der Waals surface area contributed by atoms with Gasteiger partial charge in [-0.05, 0) is 37.7 Å². The molecule has 1 amide bonds. The van der Waals surface area contributed by atoms with E-state index in [1.165, 1.54) is 12.8 Å². The third-order valence-electron chi connectivity index (χ3n) is 3.64. The number of thioether (sulfide) groups is 1. The van der Waals surface area contributed by atoms with E-state index in [1.54, 1.807) is 0 Å². The molecule has 2 N–H and O–H groups in total. The lowest BCUT2D eigenvalue weighted by molar-refractivity contribution is -0.120. The first-order valence-corrected chi connectivity index (χ1v) is 8.66. The molecule has 0 unspecified atom stereocenters. The number of benzene rings is 1. The second-order valence-corrected chi connectivity index (χ2v) is 6.67. The van der Waals surface area contributed by atoms with Crippen molar-refractivity contribution in [3.05, 3.63) is 29.3 Å². The molecular formula is C15H21ClN2OS. The summed E-state index contributed by atoms with van der Waals surface area (Å²) in [5.74, 6) is 0.0386. The molecule has 110 valence electrons. The minimum absolute atomic E-state index is 0.0386. The van der Waals surface area contributed by atoms with Crippen molar-refractivity contribution in [2.24, 2.45) is 0 Å². The molecule has 0 saturated heterocycles. The van der Waals surface area contributed by atoms with Gasteiger partial charge in [-0.1, -0.05) is 30.2 Å². The van der Waals surface area contributed by atoms with Crippen LogP contribution < -0.4 is 10.6 Å². The van der Waals surface area contributed by atoms with Crippen molar-refractivity contribution in [3.8, 4) is 0 Å². The Morgan fingerprint density at radius 1 is 1.40 bits per heavy atom. The summed E-state index contributed by atoms with van der Waals surface area (Å²) >= 11 is 7.94. The molecule has 0 bridgehead atoms. The zero-order valence-electron chi connectivity index (χ0n) is 11.7. The van der Waals surface area contributed by atoms with Crippen LogP contribution in [0.5, 0.6) is 0 Å². The average molecular weight is 313 g/mol. The smallest absolute Gasteiger partial charge is 0.239 e. The molecule has 0 aromatic heterocycles. The Balaban J connectivity index is 1.77. The van der Waals surface area contributed by atoms with Gasteiger partial charge in [0, 0.05) is 11.3 Å². The Bertz CT molecular complexity index is 455. The zero-order chi connectivity index (χ0) is 14.4. The van der Waals surface area contributed by atoms with Crippen molar-refractivity contribution in [3.63, 3.8) is 0 Å². The molecule has 1 saturated carbocycles. The number of amides is 1. The molecule has 1 aliphatic rings. The van der Waals surface area contributed by atoms with E-state index in [0.29, 0.717) is 16.3 Å². The van der Waals surface area contributed by atoms with Gasteiger partial charge >= 0.3 is 0 Å². The van der Waals surface area contributed by atoms with Crippen molar-refractivity contribution < 1.29 is 4.79 Å². The van der Waals surface area contributed by atoms with Crippen LogP contribution in [0.4, 0.5) is 5.69 Å². The molecule has 2 atom stereocenters. The van der Waals surface area contributed by atoms with Gasteiger partial charge in [-0.15, -0.1) is 0 Å². The predicted molar refractivity (Wildman–Crippen MR) is 87.6 cm³/mol. The minimum atomic E-state index is 0.0386. The van der Waals surface area contributed by atoms with E-state index in [9.17, 15) is 4.79 Å². The number of anilines is 1. The largest absolute Gasteiger partial charge is 0.375 e. The van der Waals surface area contributed by atoms with E-state index in [-0.39, 0.29) is 12.5 Å². The summed E-state index contributed by atoms with van der Waals surface area (Å²) in [7, 11) is 0. The highest BCUT2D eigenvalue weighted by molar-refractivity contribution is 7.99. The number of hydrogen-bond acceptors (Lipinski definition) is 3. The molecule has 0 aliphatic heterocycles. The van der Waals surface area contributed by atoms with E-state index in [0.717, 1.165) is 18.5 Å². The number of rotatable bonds is 5. The number of carbonyl (C=O) groups excluding carboxylic acids is 1. The summed E-state index contributed by atoms with van der Waals surface area (Å²) in [6.45, 7) is 0.268. The summed E-state index contributed by atoms with van der Waals surface area (Å²) in [5.41, 5.74) is 0.801. The van der Waals surface area contributed by atoms with Crippen molar-refractivity contribution in [2.75, 3.05) is 18.1 Å². The van der Waals surface area contributed by atoms with Crippen LogP contribution in [0.1, 0.15) is 25.7 Å². The maximum Gasteiger partial charge on any atom is 0.239 e. The Hall–Kier alpha value is -0.870. The molecule has 1 aromatic rings. The van der Waals surface area contributed by atoms with Gasteiger partial charge in [0.1, 0.15) is 0 Å². The fourth-order valence-corrected chi connectivity index (χ4v) is 3.58. The van der Waals surface area contributed by atoms with Crippen LogP contribution in [-0.4, -0.2) is 30.0 Å². The second-order valence-electron chi connectivity index (χ2n) is 5.12. The molecule has 1 aliphatic carbocycles. The first-order valence-electron chi connectivity index (χ1n) is 6.99. The quantitative estimate of drug-likeness (QED) is 0.873. The molecular weight excluding hydrogens is 292 g/mol. The van der Waals surface area contributed by atoms with Crippen LogP contribution in [0, 0.1) is 0 Å². The Morgan fingerprint density at radius 2 is 2.20 bits per heavy atom. The number of nitrogens with one attached hydrogen (secondary N) is 2. The van der Waals surface area contributed by atoms with Crippen molar-refractivity contribution in [1.29, 1.82) is 0 Å². The maximum atomic E-state index is 12.0. The highest BCUT2D eigenvalue weighted by Crippen LogP contribution is 2.26. The van der Waals surface area contributed by atoms with Crippen LogP contribution >= 0.6 is 23.4 Å². The van der Waals surface area contributed by atoms with Gasteiger partial charge in [0.05, 0.1) is 17.3 Å². The van der Waals surface area contributed by atoms with Crippen LogP contribution in [0.25, 0.3) is 0 Å². The lowest BCUT2D eigenvalue weighted by atomic mass is 9.95. The minimum Gasteiger partial charge on any atom is -0.375 e. The van der Waals surface area contributed by atoms with Crippen LogP contribution in [-0.2, 0) is 4.79 Å². The highest BCUT2D eigenvalue weighted by atomic mass is 35.5. The van der Waals surface area contributed by atoms with Crippen LogP contribution in [0.3, 0.4) is 0 Å². The molecule has 20 heavy (non-hydrogen) atoms. The number of carbonyl (C=O) groups is 1. The van der Waals surface area contributed by atoms with Crippen LogP contribution in [0.15, 0.2) is 24.3 Å². The average Bonchev–Trinajstić information content (AvgIpc) is 2.46. The molecule has 1 aromatic carbocycles. The van der Waals surface area contributed by atoms with Crippen molar-refractivity contribution in [2.45, 2.75) is 37.0 Å². The molecule has 5 heteroatoms. The van der Waals surface area contributed by atoms with Gasteiger partial charge in [0.15, 0.2) is 0 Å². The van der Waals surface area contributed by atoms with Crippen molar-refractivity contribution >= 4 is 35.0 Å². The van der Waals surface area contributed by atoms with E-state index in [2.05, 4.69) is 16.9 Å². The fraction of sp³-hybridized carbons (Fsp3) is 0.533. The zero-order valence-corrected chi connectivity index (χ0v) is 13.3. The molecule has 0 spiro atoms. The van der Waals surface area contributed by atoms with Gasteiger partial charge in [-0.3, -0.25) is 4.79 Å². The second kappa shape index (κ2) is 7.79. The standard InChI is InChI=1S/C15H21ClN2OS/c1-20-12-6-4-5-11(9-12)18-15(19)10-17-14-8-3-2-7-13(14)16/h2-3,7-8,11-12,17H,4-6,9-10H2,1H3,(H,18,19)/t11-,12-/m0/s1. The molecule has 0 radical (unpaired) electrons. The molecule has 0 heterocycles. The normalized spacial score (nSPS) is 22.3. The first kappa shape index (κ1) is 15.5.